The van der Waals surface area contributed by atoms with Crippen molar-refractivity contribution in [1.82, 2.24) is 10.3 Å². The maximum atomic E-state index is 12.0. The Morgan fingerprint density at radius 3 is 2.57 bits per heavy atom. The molecule has 1 aromatic carbocycles. The molecular weight excluding hydrogens is 444 g/mol. The second kappa shape index (κ2) is 10.2. The minimum absolute atomic E-state index is 0.00555. The third-order valence-electron chi connectivity index (χ3n) is 3.24. The quantitative estimate of drug-likeness (QED) is 0.417. The first kappa shape index (κ1) is 22.6. The lowest BCUT2D eigenvalue weighted by Gasteiger charge is -2.08. The van der Waals surface area contributed by atoms with Crippen molar-refractivity contribution in [2.45, 2.75) is 6.18 Å². The smallest absolute Gasteiger partial charge is 0.401 e. The number of aromatic nitrogens is 1. The van der Waals surface area contributed by atoms with Gasteiger partial charge < -0.3 is 19.8 Å². The normalized spacial score (nSPS) is 11.5. The van der Waals surface area contributed by atoms with Crippen molar-refractivity contribution >= 4 is 40.7 Å². The van der Waals surface area contributed by atoms with Crippen molar-refractivity contribution in [3.8, 4) is 17.5 Å². The Kier molecular flexibility index (Phi) is 8.22. The summed E-state index contributed by atoms with van der Waals surface area (Å²) >= 11 is 18.1. The Morgan fingerprint density at radius 2 is 1.89 bits per heavy atom. The zero-order valence-corrected chi connectivity index (χ0v) is 16.4. The summed E-state index contributed by atoms with van der Waals surface area (Å²) in [5.41, 5.74) is 0.324. The molecule has 0 spiro atoms. The van der Waals surface area contributed by atoms with Gasteiger partial charge in [0.2, 0.25) is 17.5 Å². The summed E-state index contributed by atoms with van der Waals surface area (Å²) in [6.07, 6.45) is -4.25. The zero-order chi connectivity index (χ0) is 20.7. The third kappa shape index (κ3) is 6.72. The van der Waals surface area contributed by atoms with Gasteiger partial charge in [-0.1, -0.05) is 34.8 Å². The van der Waals surface area contributed by atoms with Gasteiger partial charge in [-0.05, 0) is 12.1 Å². The molecule has 0 aliphatic rings. The van der Waals surface area contributed by atoms with Crippen molar-refractivity contribution in [3.63, 3.8) is 0 Å². The fourth-order valence-corrected chi connectivity index (χ4v) is 2.74. The molecule has 0 aliphatic carbocycles. The summed E-state index contributed by atoms with van der Waals surface area (Å²) in [5, 5.41) is 14.9. The number of hydrogen-bond acceptors (Lipinski definition) is 6. The Bertz CT molecular complexity index is 853. The molecule has 0 radical (unpaired) electrons. The summed E-state index contributed by atoms with van der Waals surface area (Å²) in [6.45, 7) is -0.493. The Balaban J connectivity index is 1.88. The molecule has 0 saturated heterocycles. The van der Waals surface area contributed by atoms with Gasteiger partial charge in [0.25, 0.3) is 0 Å². The van der Waals surface area contributed by atoms with Gasteiger partial charge in [0.15, 0.2) is 0 Å². The van der Waals surface area contributed by atoms with Gasteiger partial charge in [0.1, 0.15) is 6.07 Å². The van der Waals surface area contributed by atoms with Gasteiger partial charge in [-0.15, -0.1) is 0 Å². The fourth-order valence-electron chi connectivity index (χ4n) is 2.06. The van der Waals surface area contributed by atoms with Crippen molar-refractivity contribution in [2.75, 3.05) is 38.2 Å². The van der Waals surface area contributed by atoms with Gasteiger partial charge in [0.05, 0.1) is 35.4 Å². The first-order valence-electron chi connectivity index (χ1n) is 7.86. The van der Waals surface area contributed by atoms with Crippen LogP contribution in [0.4, 0.5) is 19.1 Å². The van der Waals surface area contributed by atoms with Crippen LogP contribution in [-0.4, -0.2) is 44.0 Å². The number of oxazole rings is 1. The average Bonchev–Trinajstić information content (AvgIpc) is 3.02. The number of alkyl halides is 3. The molecule has 0 aliphatic heterocycles. The predicted molar refractivity (Wildman–Crippen MR) is 99.9 cm³/mol. The number of benzene rings is 1. The van der Waals surface area contributed by atoms with Gasteiger partial charge in [-0.2, -0.15) is 23.4 Å². The molecule has 1 heterocycles. The van der Waals surface area contributed by atoms with Crippen LogP contribution in [0.2, 0.25) is 15.1 Å². The summed E-state index contributed by atoms with van der Waals surface area (Å²) in [7, 11) is 0. The molecule has 0 unspecified atom stereocenters. The average molecular weight is 458 g/mol. The molecule has 2 rings (SSSR count). The molecular formula is C16H14Cl3F3N4O2. The number of rotatable bonds is 9. The zero-order valence-electron chi connectivity index (χ0n) is 14.2. The van der Waals surface area contributed by atoms with E-state index in [4.69, 9.17) is 44.0 Å². The first-order valence-corrected chi connectivity index (χ1v) is 8.99. The number of hydrogen-bond donors (Lipinski definition) is 2. The lowest BCUT2D eigenvalue weighted by atomic mass is 10.2. The third-order valence-corrected chi connectivity index (χ3v) is 4.26. The highest BCUT2D eigenvalue weighted by Crippen LogP contribution is 2.37. The van der Waals surface area contributed by atoms with E-state index in [0.29, 0.717) is 10.6 Å². The minimum Gasteiger partial charge on any atom is -0.419 e. The Morgan fingerprint density at radius 1 is 1.18 bits per heavy atom. The SMILES string of the molecule is N#Cc1nc(-c2cc(Cl)cc(Cl)c2Cl)oc1NCCOCCNCC(F)(F)F. The standard InChI is InChI=1S/C16H14Cl3F3N4O2/c17-9-5-10(13(19)11(18)6-9)14-26-12(7-23)15(28-14)25-2-4-27-3-1-24-8-16(20,21)22/h5-6,24-25H,1-4,8H2. The monoisotopic (exact) mass is 456 g/mol. The second-order valence-electron chi connectivity index (χ2n) is 5.39. The summed E-state index contributed by atoms with van der Waals surface area (Å²) in [4.78, 5) is 4.06. The molecule has 0 fully saturated rings. The van der Waals surface area contributed by atoms with E-state index in [-0.39, 0.29) is 53.8 Å². The molecule has 2 N–H and O–H groups in total. The van der Waals surface area contributed by atoms with Crippen molar-refractivity contribution < 1.29 is 22.3 Å². The molecule has 6 nitrogen and oxygen atoms in total. The van der Waals surface area contributed by atoms with Crippen molar-refractivity contribution in [3.05, 3.63) is 32.9 Å². The van der Waals surface area contributed by atoms with E-state index < -0.39 is 12.7 Å². The fraction of sp³-hybridized carbons (Fsp3) is 0.375. The number of halogens is 6. The highest BCUT2D eigenvalue weighted by atomic mass is 35.5. The van der Waals surface area contributed by atoms with E-state index in [0.717, 1.165) is 0 Å². The molecule has 28 heavy (non-hydrogen) atoms. The van der Waals surface area contributed by atoms with E-state index in [2.05, 4.69) is 15.6 Å². The number of ether oxygens (including phenoxy) is 1. The predicted octanol–water partition coefficient (Wildman–Crippen LogP) is 4.75. The van der Waals surface area contributed by atoms with Crippen LogP contribution >= 0.6 is 34.8 Å². The van der Waals surface area contributed by atoms with E-state index >= 15 is 0 Å². The van der Waals surface area contributed by atoms with Crippen LogP contribution in [0.15, 0.2) is 16.5 Å². The maximum absolute atomic E-state index is 12.0. The summed E-state index contributed by atoms with van der Waals surface area (Å²) in [6, 6.07) is 4.85. The van der Waals surface area contributed by atoms with Crippen LogP contribution in [0.25, 0.3) is 11.5 Å². The van der Waals surface area contributed by atoms with Gasteiger partial charge in [0, 0.05) is 18.1 Å². The Labute approximate surface area is 173 Å². The van der Waals surface area contributed by atoms with Gasteiger partial charge in [-0.3, -0.25) is 0 Å². The molecule has 12 heteroatoms. The van der Waals surface area contributed by atoms with Crippen molar-refractivity contribution in [2.24, 2.45) is 0 Å². The lowest BCUT2D eigenvalue weighted by Crippen LogP contribution is -2.31. The van der Waals surface area contributed by atoms with Gasteiger partial charge >= 0.3 is 6.18 Å². The number of nitrogens with one attached hydrogen (secondary N) is 2. The Hall–Kier alpha value is -1.70. The first-order chi connectivity index (χ1) is 13.2. The molecule has 0 bridgehead atoms. The lowest BCUT2D eigenvalue weighted by molar-refractivity contribution is -0.125. The van der Waals surface area contributed by atoms with E-state index in [1.165, 1.54) is 12.1 Å². The molecule has 152 valence electrons. The molecule has 0 saturated carbocycles. The molecule has 2 aromatic rings. The van der Waals surface area contributed by atoms with Crippen LogP contribution in [0.1, 0.15) is 5.69 Å². The van der Waals surface area contributed by atoms with E-state index in [1.54, 1.807) is 0 Å². The van der Waals surface area contributed by atoms with Crippen LogP contribution in [0.3, 0.4) is 0 Å². The van der Waals surface area contributed by atoms with E-state index in [1.807, 2.05) is 6.07 Å². The topological polar surface area (TPSA) is 83.1 Å². The summed E-state index contributed by atoms with van der Waals surface area (Å²) < 4.78 is 46.6. The minimum atomic E-state index is -4.25. The number of nitrogens with zero attached hydrogens (tertiary/aromatic N) is 2. The number of anilines is 1. The van der Waals surface area contributed by atoms with Gasteiger partial charge in [-0.25, -0.2) is 0 Å². The van der Waals surface area contributed by atoms with Crippen LogP contribution in [0.5, 0.6) is 0 Å². The molecule has 0 amide bonds. The number of nitriles is 1. The molecule has 1 aromatic heterocycles. The van der Waals surface area contributed by atoms with Crippen LogP contribution in [0, 0.1) is 11.3 Å². The largest absolute Gasteiger partial charge is 0.419 e. The van der Waals surface area contributed by atoms with Crippen LogP contribution in [-0.2, 0) is 4.74 Å². The van der Waals surface area contributed by atoms with E-state index in [9.17, 15) is 18.4 Å². The molecule has 0 atom stereocenters. The second-order valence-corrected chi connectivity index (χ2v) is 6.61. The van der Waals surface area contributed by atoms with Crippen molar-refractivity contribution in [1.29, 1.82) is 5.26 Å². The van der Waals surface area contributed by atoms with Crippen LogP contribution < -0.4 is 10.6 Å². The highest BCUT2D eigenvalue weighted by molar-refractivity contribution is 6.44. The summed E-state index contributed by atoms with van der Waals surface area (Å²) in [5.74, 6) is 0.161. The highest BCUT2D eigenvalue weighted by Gasteiger charge is 2.25. The maximum Gasteiger partial charge on any atom is 0.401 e.